The van der Waals surface area contributed by atoms with Crippen LogP contribution in [0.25, 0.3) is 0 Å². The minimum atomic E-state index is -0.567. The van der Waals surface area contributed by atoms with Gasteiger partial charge >= 0.3 is 0 Å². The average molecular weight is 421 g/mol. The van der Waals surface area contributed by atoms with Gasteiger partial charge in [0.05, 0.1) is 0 Å². The minimum absolute atomic E-state index is 0.110. The van der Waals surface area contributed by atoms with Crippen LogP contribution >= 0.6 is 0 Å². The second-order valence-electron chi connectivity index (χ2n) is 9.90. The Balaban J connectivity index is 1.39. The highest BCUT2D eigenvalue weighted by Gasteiger charge is 2.56. The van der Waals surface area contributed by atoms with Gasteiger partial charge in [-0.2, -0.15) is 0 Å². The molecule has 0 spiro atoms. The van der Waals surface area contributed by atoms with E-state index in [1.165, 1.54) is 43.5 Å². The molecule has 4 bridgehead atoms. The summed E-state index contributed by atoms with van der Waals surface area (Å²) >= 11 is 0. The van der Waals surface area contributed by atoms with Gasteiger partial charge in [-0.05, 0) is 86.1 Å². The van der Waals surface area contributed by atoms with Crippen molar-refractivity contribution in [3.05, 3.63) is 71.5 Å². The first-order valence-electron chi connectivity index (χ1n) is 11.4. The number of benzene rings is 2. The molecule has 0 unspecified atom stereocenters. The molecule has 5 heteroatoms. The zero-order valence-electron chi connectivity index (χ0n) is 17.6. The van der Waals surface area contributed by atoms with Gasteiger partial charge in [0.1, 0.15) is 11.9 Å². The van der Waals surface area contributed by atoms with Crippen LogP contribution in [0, 0.1) is 29.0 Å². The topological polar surface area (TPSA) is 58.2 Å². The van der Waals surface area contributed by atoms with Gasteiger partial charge in [-0.1, -0.05) is 30.3 Å². The van der Waals surface area contributed by atoms with Crippen molar-refractivity contribution < 1.29 is 14.0 Å². The van der Waals surface area contributed by atoms with Crippen LogP contribution in [0.4, 0.5) is 4.39 Å². The lowest BCUT2D eigenvalue weighted by Gasteiger charge is -2.58. The normalized spacial score (nSPS) is 29.4. The van der Waals surface area contributed by atoms with Crippen molar-refractivity contribution in [2.75, 3.05) is 0 Å². The molecule has 2 aromatic carbocycles. The molecule has 162 valence electrons. The zero-order chi connectivity index (χ0) is 21.4. The van der Waals surface area contributed by atoms with Gasteiger partial charge in [0.15, 0.2) is 0 Å². The lowest BCUT2D eigenvalue weighted by molar-refractivity contribution is -0.134. The Morgan fingerprint density at radius 2 is 1.48 bits per heavy atom. The van der Waals surface area contributed by atoms with Crippen LogP contribution in [-0.2, 0) is 11.3 Å². The van der Waals surface area contributed by atoms with E-state index in [1.807, 2.05) is 30.3 Å². The van der Waals surface area contributed by atoms with Crippen LogP contribution in [0.1, 0.15) is 54.4 Å². The van der Waals surface area contributed by atoms with Gasteiger partial charge in [-0.15, -0.1) is 0 Å². The fourth-order valence-corrected chi connectivity index (χ4v) is 6.73. The molecule has 2 aromatic rings. The number of nitrogens with one attached hydrogen (secondary N) is 2. The van der Waals surface area contributed by atoms with Crippen LogP contribution in [-0.4, -0.2) is 17.9 Å². The summed E-state index contributed by atoms with van der Waals surface area (Å²) in [4.78, 5) is 26.5. The van der Waals surface area contributed by atoms with Crippen LogP contribution in [0.3, 0.4) is 0 Å². The third-order valence-electron chi connectivity index (χ3n) is 7.65. The highest BCUT2D eigenvalue weighted by atomic mass is 19.1. The molecule has 6 rings (SSSR count). The lowest BCUT2D eigenvalue weighted by atomic mass is 9.47. The third-order valence-corrected chi connectivity index (χ3v) is 7.65. The van der Waals surface area contributed by atoms with Crippen LogP contribution in [0.15, 0.2) is 54.6 Å². The van der Waals surface area contributed by atoms with E-state index in [9.17, 15) is 14.0 Å². The number of hydrogen-bond acceptors (Lipinski definition) is 2. The molecule has 4 aliphatic carbocycles. The first kappa shape index (κ1) is 20.2. The fraction of sp³-hybridized carbons (Fsp3) is 0.462. The van der Waals surface area contributed by atoms with E-state index >= 15 is 0 Å². The van der Waals surface area contributed by atoms with E-state index in [0.717, 1.165) is 24.8 Å². The van der Waals surface area contributed by atoms with Gasteiger partial charge in [0.25, 0.3) is 5.91 Å². The summed E-state index contributed by atoms with van der Waals surface area (Å²) in [5.41, 5.74) is 1.24. The van der Waals surface area contributed by atoms with Crippen LogP contribution in [0.5, 0.6) is 0 Å². The largest absolute Gasteiger partial charge is 0.350 e. The molecule has 31 heavy (non-hydrogen) atoms. The standard InChI is InChI=1S/C26H29FN2O2/c27-22-8-6-21(7-9-22)24(30)29-23(25(31)28-16-17-4-2-1-3-5-17)26-13-18-10-19(14-26)12-20(11-18)15-26/h1-9,18-20,23H,10-16H2,(H,28,31)(H,29,30)/t18?,19?,20?,23-,26?/m0/s1. The van der Waals surface area contributed by atoms with Crippen molar-refractivity contribution in [1.82, 2.24) is 10.6 Å². The Morgan fingerprint density at radius 3 is 2.06 bits per heavy atom. The predicted molar refractivity (Wildman–Crippen MR) is 117 cm³/mol. The van der Waals surface area contributed by atoms with Crippen molar-refractivity contribution >= 4 is 11.8 Å². The summed E-state index contributed by atoms with van der Waals surface area (Å²) in [5.74, 6) is 1.20. The summed E-state index contributed by atoms with van der Waals surface area (Å²) in [6, 6.07) is 14.8. The Bertz CT molecular complexity index is 922. The minimum Gasteiger partial charge on any atom is -0.350 e. The van der Waals surface area contributed by atoms with Gasteiger partial charge in [-0.25, -0.2) is 4.39 Å². The maximum Gasteiger partial charge on any atom is 0.251 e. The Hall–Kier alpha value is -2.69. The molecule has 4 aliphatic rings. The quantitative estimate of drug-likeness (QED) is 0.725. The second kappa shape index (κ2) is 8.10. The summed E-state index contributed by atoms with van der Waals surface area (Å²) in [6.07, 6.45) is 6.82. The Morgan fingerprint density at radius 1 is 0.903 bits per heavy atom. The molecule has 0 aliphatic heterocycles. The SMILES string of the molecule is O=C(N[C@@H](C(=O)NCc1ccccc1)C12CC3CC(CC(C3)C1)C2)c1ccc(F)cc1. The van der Waals surface area contributed by atoms with E-state index in [4.69, 9.17) is 0 Å². The van der Waals surface area contributed by atoms with Crippen molar-refractivity contribution in [3.8, 4) is 0 Å². The number of carbonyl (C=O) groups is 2. The van der Waals surface area contributed by atoms with E-state index in [1.54, 1.807) is 0 Å². The van der Waals surface area contributed by atoms with Crippen LogP contribution in [0.2, 0.25) is 0 Å². The van der Waals surface area contributed by atoms with Crippen molar-refractivity contribution in [1.29, 1.82) is 0 Å². The molecule has 2 N–H and O–H groups in total. The molecule has 2 amide bonds. The second-order valence-corrected chi connectivity index (χ2v) is 9.90. The molecular weight excluding hydrogens is 391 g/mol. The maximum atomic E-state index is 13.5. The monoisotopic (exact) mass is 420 g/mol. The molecule has 4 saturated carbocycles. The third kappa shape index (κ3) is 4.10. The van der Waals surface area contributed by atoms with Gasteiger partial charge in [0.2, 0.25) is 5.91 Å². The number of carbonyl (C=O) groups excluding carboxylic acids is 2. The maximum absolute atomic E-state index is 13.5. The van der Waals surface area contributed by atoms with Gasteiger partial charge < -0.3 is 10.6 Å². The lowest BCUT2D eigenvalue weighted by Crippen LogP contribution is -2.62. The van der Waals surface area contributed by atoms with Crippen molar-refractivity contribution in [2.24, 2.45) is 23.2 Å². The van der Waals surface area contributed by atoms with Gasteiger partial charge in [-0.3, -0.25) is 9.59 Å². The molecular formula is C26H29FN2O2. The van der Waals surface area contributed by atoms with E-state index in [0.29, 0.717) is 29.9 Å². The molecule has 1 atom stereocenters. The van der Waals surface area contributed by atoms with Gasteiger partial charge in [0, 0.05) is 17.5 Å². The summed E-state index contributed by atoms with van der Waals surface area (Å²) in [7, 11) is 0. The predicted octanol–water partition coefficient (Wildman–Crippen LogP) is 4.46. The van der Waals surface area contributed by atoms with E-state index < -0.39 is 6.04 Å². The van der Waals surface area contributed by atoms with E-state index in [2.05, 4.69) is 10.6 Å². The first-order valence-corrected chi connectivity index (χ1v) is 11.4. The fourth-order valence-electron chi connectivity index (χ4n) is 6.73. The smallest absolute Gasteiger partial charge is 0.251 e. The van der Waals surface area contributed by atoms with Crippen molar-refractivity contribution in [3.63, 3.8) is 0 Å². The summed E-state index contributed by atoms with van der Waals surface area (Å²) < 4.78 is 13.3. The molecule has 0 aromatic heterocycles. The molecule has 0 radical (unpaired) electrons. The molecule has 4 nitrogen and oxygen atoms in total. The number of hydrogen-bond donors (Lipinski definition) is 2. The first-order chi connectivity index (χ1) is 15.0. The van der Waals surface area contributed by atoms with E-state index in [-0.39, 0.29) is 23.0 Å². The number of amides is 2. The van der Waals surface area contributed by atoms with Crippen LogP contribution < -0.4 is 10.6 Å². The molecule has 0 saturated heterocycles. The number of rotatable bonds is 6. The number of halogens is 1. The molecule has 0 heterocycles. The highest BCUT2D eigenvalue weighted by molar-refractivity contribution is 5.97. The summed E-state index contributed by atoms with van der Waals surface area (Å²) in [5, 5.41) is 6.15. The zero-order valence-corrected chi connectivity index (χ0v) is 17.6. The Kier molecular flexibility index (Phi) is 5.28. The highest BCUT2D eigenvalue weighted by Crippen LogP contribution is 2.61. The van der Waals surface area contributed by atoms with Crippen molar-refractivity contribution in [2.45, 2.75) is 51.1 Å². The summed E-state index contributed by atoms with van der Waals surface area (Å²) in [6.45, 7) is 0.439. The molecule has 4 fully saturated rings. The average Bonchev–Trinajstić information content (AvgIpc) is 2.76. The Labute approximate surface area is 182 Å².